The maximum atomic E-state index is 12.1. The van der Waals surface area contributed by atoms with Crippen LogP contribution in [0.4, 0.5) is 5.69 Å². The van der Waals surface area contributed by atoms with Crippen LogP contribution in [0.5, 0.6) is 0 Å². The van der Waals surface area contributed by atoms with Crippen LogP contribution >= 0.6 is 0 Å². The molecule has 0 bridgehead atoms. The van der Waals surface area contributed by atoms with Crippen molar-refractivity contribution < 1.29 is 13.2 Å². The Labute approximate surface area is 157 Å². The second-order valence-corrected chi connectivity index (χ2v) is 9.93. The molecule has 26 heavy (non-hydrogen) atoms. The fourth-order valence-corrected chi connectivity index (χ4v) is 5.84. The SMILES string of the molecule is O=C(CCC1CCS(=O)(=O)C1)Nc1ccc(CCCN2CCCC2)cc1. The zero-order chi connectivity index (χ0) is 18.4. The molecule has 1 unspecified atom stereocenters. The largest absolute Gasteiger partial charge is 0.326 e. The number of rotatable bonds is 8. The summed E-state index contributed by atoms with van der Waals surface area (Å²) in [6.07, 6.45) is 6.66. The Kier molecular flexibility index (Phi) is 6.70. The lowest BCUT2D eigenvalue weighted by Crippen LogP contribution is -2.20. The molecule has 1 aromatic carbocycles. The number of nitrogens with zero attached hydrogens (tertiary/aromatic N) is 1. The van der Waals surface area contributed by atoms with E-state index < -0.39 is 9.84 Å². The fourth-order valence-electron chi connectivity index (χ4n) is 3.93. The van der Waals surface area contributed by atoms with Crippen molar-refractivity contribution in [2.45, 2.75) is 44.9 Å². The standard InChI is InChI=1S/C20H30N2O3S/c23-20(10-7-18-11-15-26(24,25)16-18)21-19-8-5-17(6-9-19)4-3-14-22-12-1-2-13-22/h5-6,8-9,18H,1-4,7,10-16H2,(H,21,23). The van der Waals surface area contributed by atoms with Crippen molar-refractivity contribution in [3.63, 3.8) is 0 Å². The van der Waals surface area contributed by atoms with Gasteiger partial charge in [-0.3, -0.25) is 4.79 Å². The van der Waals surface area contributed by atoms with Crippen molar-refractivity contribution in [1.29, 1.82) is 0 Å². The van der Waals surface area contributed by atoms with Crippen molar-refractivity contribution in [3.8, 4) is 0 Å². The molecule has 3 rings (SSSR count). The molecule has 6 heteroatoms. The Hall–Kier alpha value is -1.40. The maximum Gasteiger partial charge on any atom is 0.224 e. The minimum Gasteiger partial charge on any atom is -0.326 e. The lowest BCUT2D eigenvalue weighted by Gasteiger charge is -2.14. The van der Waals surface area contributed by atoms with Gasteiger partial charge in [0.15, 0.2) is 9.84 Å². The van der Waals surface area contributed by atoms with Gasteiger partial charge in [-0.1, -0.05) is 12.1 Å². The number of likely N-dealkylation sites (tertiary alicyclic amines) is 1. The van der Waals surface area contributed by atoms with Crippen molar-refractivity contribution in [1.82, 2.24) is 4.90 Å². The molecule has 0 radical (unpaired) electrons. The van der Waals surface area contributed by atoms with Crippen LogP contribution in [0.25, 0.3) is 0 Å². The monoisotopic (exact) mass is 378 g/mol. The number of hydrogen-bond donors (Lipinski definition) is 1. The van der Waals surface area contributed by atoms with Gasteiger partial charge in [0.05, 0.1) is 11.5 Å². The molecule has 0 spiro atoms. The first kappa shape index (κ1) is 19.4. The van der Waals surface area contributed by atoms with Crippen molar-refractivity contribution in [2.24, 2.45) is 5.92 Å². The summed E-state index contributed by atoms with van der Waals surface area (Å²) in [6, 6.07) is 8.10. The topological polar surface area (TPSA) is 66.5 Å². The molecule has 2 aliphatic heterocycles. The second-order valence-electron chi connectivity index (χ2n) is 7.71. The predicted octanol–water partition coefficient (Wildman–Crippen LogP) is 2.87. The van der Waals surface area contributed by atoms with E-state index in [9.17, 15) is 13.2 Å². The number of anilines is 1. The van der Waals surface area contributed by atoms with Gasteiger partial charge in [0.25, 0.3) is 0 Å². The van der Waals surface area contributed by atoms with Crippen LogP contribution in [0.1, 0.15) is 44.1 Å². The van der Waals surface area contributed by atoms with E-state index in [1.54, 1.807) is 0 Å². The molecule has 2 aliphatic rings. The van der Waals surface area contributed by atoms with Gasteiger partial charge in [-0.25, -0.2) is 8.42 Å². The Morgan fingerprint density at radius 1 is 1.15 bits per heavy atom. The van der Waals surface area contributed by atoms with E-state index in [0.29, 0.717) is 19.3 Å². The maximum absolute atomic E-state index is 12.1. The molecular formula is C20H30N2O3S. The third kappa shape index (κ3) is 6.09. The van der Waals surface area contributed by atoms with Gasteiger partial charge < -0.3 is 10.2 Å². The zero-order valence-electron chi connectivity index (χ0n) is 15.5. The summed E-state index contributed by atoms with van der Waals surface area (Å²) in [5, 5.41) is 2.92. The zero-order valence-corrected chi connectivity index (χ0v) is 16.3. The first-order chi connectivity index (χ1) is 12.5. The summed E-state index contributed by atoms with van der Waals surface area (Å²) in [7, 11) is -2.86. The fraction of sp³-hybridized carbons (Fsp3) is 0.650. The number of hydrogen-bond acceptors (Lipinski definition) is 4. The van der Waals surface area contributed by atoms with Gasteiger partial charge in [0, 0.05) is 12.1 Å². The molecule has 2 fully saturated rings. The third-order valence-electron chi connectivity index (χ3n) is 5.48. The smallest absolute Gasteiger partial charge is 0.224 e. The summed E-state index contributed by atoms with van der Waals surface area (Å²) >= 11 is 0. The minimum absolute atomic E-state index is 0.0314. The van der Waals surface area contributed by atoms with Gasteiger partial charge in [-0.15, -0.1) is 0 Å². The average molecular weight is 379 g/mol. The third-order valence-corrected chi connectivity index (χ3v) is 7.32. The number of nitrogens with one attached hydrogen (secondary N) is 1. The molecule has 0 aliphatic carbocycles. The lowest BCUT2D eigenvalue weighted by atomic mass is 10.0. The number of benzene rings is 1. The Morgan fingerprint density at radius 3 is 2.54 bits per heavy atom. The first-order valence-corrected chi connectivity index (χ1v) is 11.6. The lowest BCUT2D eigenvalue weighted by molar-refractivity contribution is -0.116. The van der Waals surface area contributed by atoms with Gasteiger partial charge in [0.2, 0.25) is 5.91 Å². The Morgan fingerprint density at radius 2 is 1.88 bits per heavy atom. The number of amides is 1. The molecular weight excluding hydrogens is 348 g/mol. The summed E-state index contributed by atoms with van der Waals surface area (Å²) in [5.74, 6) is 0.630. The van der Waals surface area contributed by atoms with Crippen LogP contribution in [0.3, 0.4) is 0 Å². The van der Waals surface area contributed by atoms with Crippen molar-refractivity contribution in [2.75, 3.05) is 36.5 Å². The summed E-state index contributed by atoms with van der Waals surface area (Å²) in [4.78, 5) is 14.6. The normalized spacial score (nSPS) is 22.5. The molecule has 1 atom stereocenters. The van der Waals surface area contributed by atoms with Crippen LogP contribution in [0.15, 0.2) is 24.3 Å². The number of aryl methyl sites for hydroxylation is 1. The van der Waals surface area contributed by atoms with E-state index in [-0.39, 0.29) is 23.3 Å². The highest BCUT2D eigenvalue weighted by molar-refractivity contribution is 7.91. The minimum atomic E-state index is -2.86. The van der Waals surface area contributed by atoms with Gasteiger partial charge in [0.1, 0.15) is 0 Å². The van der Waals surface area contributed by atoms with Crippen LogP contribution in [-0.4, -0.2) is 50.4 Å². The van der Waals surface area contributed by atoms with Crippen LogP contribution in [0.2, 0.25) is 0 Å². The molecule has 1 N–H and O–H groups in total. The molecule has 1 aromatic rings. The second kappa shape index (κ2) is 9.00. The molecule has 2 saturated heterocycles. The van der Waals surface area contributed by atoms with Crippen LogP contribution < -0.4 is 5.32 Å². The highest BCUT2D eigenvalue weighted by Crippen LogP contribution is 2.23. The first-order valence-electron chi connectivity index (χ1n) is 9.82. The summed E-state index contributed by atoms with van der Waals surface area (Å²) in [6.45, 7) is 3.67. The van der Waals surface area contributed by atoms with Crippen molar-refractivity contribution in [3.05, 3.63) is 29.8 Å². The van der Waals surface area contributed by atoms with Gasteiger partial charge >= 0.3 is 0 Å². The van der Waals surface area contributed by atoms with Gasteiger partial charge in [-0.05, 0) is 81.8 Å². The Balaban J connectivity index is 1.35. The summed E-state index contributed by atoms with van der Waals surface area (Å²) in [5.41, 5.74) is 2.12. The molecule has 1 amide bonds. The quantitative estimate of drug-likeness (QED) is 0.755. The van der Waals surface area contributed by atoms with Gasteiger partial charge in [-0.2, -0.15) is 0 Å². The predicted molar refractivity (Wildman–Crippen MR) is 105 cm³/mol. The van der Waals surface area contributed by atoms with E-state index in [2.05, 4.69) is 22.3 Å². The molecule has 5 nitrogen and oxygen atoms in total. The van der Waals surface area contributed by atoms with E-state index in [1.165, 1.54) is 44.5 Å². The van der Waals surface area contributed by atoms with E-state index in [0.717, 1.165) is 12.1 Å². The molecule has 2 heterocycles. The van der Waals surface area contributed by atoms with Crippen LogP contribution in [-0.2, 0) is 21.1 Å². The molecule has 0 aromatic heterocycles. The number of sulfone groups is 1. The Bertz CT molecular complexity index is 694. The van der Waals surface area contributed by atoms with E-state index >= 15 is 0 Å². The van der Waals surface area contributed by atoms with Crippen molar-refractivity contribution >= 4 is 21.4 Å². The molecule has 144 valence electrons. The highest BCUT2D eigenvalue weighted by Gasteiger charge is 2.27. The summed E-state index contributed by atoms with van der Waals surface area (Å²) < 4.78 is 22.9. The number of carbonyl (C=O) groups is 1. The number of carbonyl (C=O) groups excluding carboxylic acids is 1. The average Bonchev–Trinajstić information content (AvgIpc) is 3.24. The molecule has 0 saturated carbocycles. The highest BCUT2D eigenvalue weighted by atomic mass is 32.2. The van der Waals surface area contributed by atoms with E-state index in [1.807, 2.05) is 12.1 Å². The van der Waals surface area contributed by atoms with E-state index in [4.69, 9.17) is 0 Å². The van der Waals surface area contributed by atoms with Crippen LogP contribution in [0, 0.1) is 5.92 Å².